The molecule has 1 aromatic heterocycles. The van der Waals surface area contributed by atoms with E-state index >= 15 is 0 Å². The van der Waals surface area contributed by atoms with Gasteiger partial charge in [0.1, 0.15) is 41.2 Å². The molecular formula is C67H88N5O15P. The van der Waals surface area contributed by atoms with Crippen LogP contribution in [0.3, 0.4) is 0 Å². The highest BCUT2D eigenvalue weighted by Gasteiger charge is 2.53. The predicted molar refractivity (Wildman–Crippen MR) is 334 cm³/mol. The Morgan fingerprint density at radius 3 is 1.97 bits per heavy atom. The number of carbonyl (C=O) groups is 4. The molecular weight excluding hydrogens is 1150 g/mol. The molecule has 20 nitrogen and oxygen atoms in total. The molecule has 21 heteroatoms. The number of benzene rings is 4. The number of hydrogen-bond acceptors (Lipinski definition) is 17. The Morgan fingerprint density at radius 2 is 1.36 bits per heavy atom. The van der Waals surface area contributed by atoms with Crippen molar-refractivity contribution in [3.63, 3.8) is 0 Å². The Balaban J connectivity index is 1.03. The summed E-state index contributed by atoms with van der Waals surface area (Å²) in [6.45, 7) is 18.5. The van der Waals surface area contributed by atoms with Crippen LogP contribution in [0.2, 0.25) is 0 Å². The van der Waals surface area contributed by atoms with Crippen LogP contribution in [0.25, 0.3) is 10.9 Å². The van der Waals surface area contributed by atoms with Gasteiger partial charge in [0.05, 0.1) is 34.5 Å². The van der Waals surface area contributed by atoms with E-state index in [-0.39, 0.29) is 24.6 Å². The number of unbranched alkanes of at least 4 members (excludes halogenated alkanes) is 3. The van der Waals surface area contributed by atoms with Gasteiger partial charge in [0.2, 0.25) is 6.29 Å². The predicted octanol–water partition coefficient (Wildman–Crippen LogP) is 11.1. The van der Waals surface area contributed by atoms with Crippen LogP contribution in [0.5, 0.6) is 11.5 Å². The molecule has 0 spiro atoms. The second-order valence-electron chi connectivity index (χ2n) is 22.9. The van der Waals surface area contributed by atoms with Crippen LogP contribution in [-0.2, 0) is 68.6 Å². The van der Waals surface area contributed by atoms with E-state index in [1.807, 2.05) is 117 Å². The number of ether oxygens (including phenoxy) is 9. The number of para-hydroxylation sites is 1. The number of esters is 2. The number of H-pyrrole nitrogens is 1. The lowest BCUT2D eigenvalue weighted by molar-refractivity contribution is -0.258. The average molecular weight is 1230 g/mol. The van der Waals surface area contributed by atoms with Gasteiger partial charge in [-0.15, -0.1) is 0 Å². The maximum absolute atomic E-state index is 14.4. The number of fused-ring (bicyclic) bond motifs is 1. The Morgan fingerprint density at radius 1 is 0.739 bits per heavy atom. The van der Waals surface area contributed by atoms with E-state index < -0.39 is 87.0 Å². The third-order valence-corrected chi connectivity index (χ3v) is 18.7. The normalized spacial score (nSPS) is 22.5. The standard InChI is InChI=1S/C67H88N5O15P/c1-43(2)72(44(3)4)88(82-40-22-14-20-37-70(38-21-19-23-49-41-68-56-27-18-17-26-55(49)56)66(76)86-65-60(83-48(8)73)46(6)45(5)59(85-65)64(75)80-12)87-61-57(84-63(62(61)79-11)71-39-36-58(74)69-47(71)7)42-81-67(50-24-15-13-16-25-50,51-28-32-53(77-9)33-29-51)52-30-34-54(78-10)35-31-52/h13,15-18,24-36,39,41,43-46,57,59-63,65,68H,7,14,19-23,37-38,40,42H2,1-6,8-12H3,(H,69,74)/t45?,46?,57-,59?,60?,61?,62+,63-,65?,88?/m1/s1. The number of aryl methyl sites for hydroxylation is 1. The van der Waals surface area contributed by atoms with Gasteiger partial charge in [-0.25, -0.2) is 14.3 Å². The third-order valence-electron chi connectivity index (χ3n) is 16.6. The SMILES string of the molecule is C=C1NC(=O)C=CN1[C@@H]1O[C@H](COC(c2ccccc2)(c2ccc(OC)cc2)c2ccc(OC)cc2)C(OP(OCCCCCN(CCCCc2c[nH]c3ccccc23)C(=O)OC2OC(C(=O)OC)C(C)C(C)C2OC(C)=O)N(C(C)C)C(C)C)[C@@H]1OC. The van der Waals surface area contributed by atoms with E-state index in [9.17, 15) is 19.2 Å². The van der Waals surface area contributed by atoms with Gasteiger partial charge in [-0.1, -0.05) is 93.2 Å². The summed E-state index contributed by atoms with van der Waals surface area (Å²) < 4.78 is 71.6. The summed E-state index contributed by atoms with van der Waals surface area (Å²) in [4.78, 5) is 59.1. The first kappa shape index (κ1) is 67.1. The number of carbonyl (C=O) groups excluding carboxylic acids is 4. The van der Waals surface area contributed by atoms with Crippen LogP contribution in [0, 0.1) is 11.8 Å². The summed E-state index contributed by atoms with van der Waals surface area (Å²) >= 11 is 0. The maximum atomic E-state index is 14.4. The molecule has 4 aromatic carbocycles. The summed E-state index contributed by atoms with van der Waals surface area (Å²) in [5.41, 5.74) is 3.58. The van der Waals surface area contributed by atoms with Crippen LogP contribution in [0.1, 0.15) is 103 Å². The van der Waals surface area contributed by atoms with Gasteiger partial charge in [-0.3, -0.25) is 9.59 Å². The highest BCUT2D eigenvalue weighted by molar-refractivity contribution is 7.44. The van der Waals surface area contributed by atoms with Crippen LogP contribution in [-0.4, -0.2) is 153 Å². The molecule has 3 aliphatic rings. The van der Waals surface area contributed by atoms with Gasteiger partial charge >= 0.3 is 18.0 Å². The van der Waals surface area contributed by atoms with Crippen molar-refractivity contribution >= 4 is 43.4 Å². The van der Waals surface area contributed by atoms with E-state index in [0.717, 1.165) is 40.4 Å². The molecule has 0 saturated carbocycles. The molecule has 7 unspecified atom stereocenters. The molecule has 10 atom stereocenters. The van der Waals surface area contributed by atoms with Crippen molar-refractivity contribution in [1.82, 2.24) is 24.8 Å². The molecule has 8 rings (SSSR count). The Labute approximate surface area is 519 Å². The lowest BCUT2D eigenvalue weighted by Crippen LogP contribution is -2.55. The molecule has 0 radical (unpaired) electrons. The number of aromatic amines is 1. The van der Waals surface area contributed by atoms with Crippen molar-refractivity contribution in [2.45, 2.75) is 148 Å². The molecule has 5 aromatic rings. The Hall–Kier alpha value is -6.87. The van der Waals surface area contributed by atoms with Crippen molar-refractivity contribution in [3.05, 3.63) is 156 Å². The summed E-state index contributed by atoms with van der Waals surface area (Å²) in [6, 6.07) is 33.8. The van der Waals surface area contributed by atoms with Crippen molar-refractivity contribution in [2.24, 2.45) is 11.8 Å². The van der Waals surface area contributed by atoms with Crippen LogP contribution >= 0.6 is 8.53 Å². The smallest absolute Gasteiger partial charge is 0.412 e. The first-order chi connectivity index (χ1) is 42.4. The number of nitrogens with zero attached hydrogens (tertiary/aromatic N) is 3. The minimum atomic E-state index is -1.84. The fraction of sp³-hybridized carbons (Fsp3) is 0.493. The molecule has 2 amide bonds. The number of amides is 2. The lowest BCUT2D eigenvalue weighted by atomic mass is 9.80. The van der Waals surface area contributed by atoms with E-state index in [1.165, 1.54) is 25.7 Å². The molecule has 2 N–H and O–H groups in total. The fourth-order valence-corrected chi connectivity index (χ4v) is 13.6. The van der Waals surface area contributed by atoms with Crippen molar-refractivity contribution in [3.8, 4) is 11.5 Å². The highest BCUT2D eigenvalue weighted by atomic mass is 31.2. The molecule has 2 saturated heterocycles. The van der Waals surface area contributed by atoms with Crippen LogP contribution in [0.15, 0.2) is 134 Å². The first-order valence-corrected chi connectivity index (χ1v) is 31.5. The maximum Gasteiger partial charge on any atom is 0.412 e. The molecule has 4 heterocycles. The number of hydrogen-bond donors (Lipinski definition) is 2. The fourth-order valence-electron chi connectivity index (χ4n) is 11.8. The third kappa shape index (κ3) is 15.9. The van der Waals surface area contributed by atoms with Gasteiger partial charge in [0, 0.05) is 74.5 Å². The van der Waals surface area contributed by atoms with E-state index in [4.69, 9.17) is 51.7 Å². The van der Waals surface area contributed by atoms with Gasteiger partial charge in [-0.2, -0.15) is 0 Å². The Kier molecular flexibility index (Phi) is 24.0. The van der Waals surface area contributed by atoms with E-state index in [1.54, 1.807) is 37.3 Å². The van der Waals surface area contributed by atoms with Crippen LogP contribution < -0.4 is 14.8 Å². The summed E-state index contributed by atoms with van der Waals surface area (Å²) in [5.74, 6) is -0.634. The largest absolute Gasteiger partial charge is 0.497 e. The topological polar surface area (TPSA) is 207 Å². The van der Waals surface area contributed by atoms with Gasteiger partial charge in [0.25, 0.3) is 14.4 Å². The lowest BCUT2D eigenvalue weighted by Gasteiger charge is -2.42. The number of nitrogens with one attached hydrogen (secondary N) is 2. The number of methoxy groups -OCH3 is 4. The number of aromatic nitrogens is 1. The van der Waals surface area contributed by atoms with E-state index in [2.05, 4.69) is 55.3 Å². The molecule has 0 bridgehead atoms. The van der Waals surface area contributed by atoms with Crippen molar-refractivity contribution in [1.29, 1.82) is 0 Å². The first-order valence-electron chi connectivity index (χ1n) is 30.3. The monoisotopic (exact) mass is 1230 g/mol. The number of rotatable bonds is 30. The highest BCUT2D eigenvalue weighted by Crippen LogP contribution is 2.51. The molecule has 3 aliphatic heterocycles. The quantitative estimate of drug-likeness (QED) is 0.0144. The van der Waals surface area contributed by atoms with Crippen LogP contribution in [0.4, 0.5) is 4.79 Å². The Bertz CT molecular complexity index is 3050. The van der Waals surface area contributed by atoms with Gasteiger partial charge < -0.3 is 71.8 Å². The van der Waals surface area contributed by atoms with Crippen molar-refractivity contribution < 1.29 is 70.9 Å². The summed E-state index contributed by atoms with van der Waals surface area (Å²) in [7, 11) is 4.30. The molecule has 2 fully saturated rings. The molecule has 476 valence electrons. The zero-order valence-electron chi connectivity index (χ0n) is 52.6. The second kappa shape index (κ2) is 31.5. The minimum Gasteiger partial charge on any atom is -0.497 e. The van der Waals surface area contributed by atoms with Gasteiger partial charge in [-0.05, 0) is 125 Å². The minimum absolute atomic E-state index is 0.0137. The van der Waals surface area contributed by atoms with Gasteiger partial charge in [0.15, 0.2) is 18.4 Å². The molecule has 0 aliphatic carbocycles. The average Bonchev–Trinajstić information content (AvgIpc) is 2.44. The molecule has 88 heavy (non-hydrogen) atoms. The zero-order chi connectivity index (χ0) is 63.1. The summed E-state index contributed by atoms with van der Waals surface area (Å²) in [6.07, 6.45) is 2.01. The summed E-state index contributed by atoms with van der Waals surface area (Å²) in [5, 5.41) is 3.97. The van der Waals surface area contributed by atoms with E-state index in [0.29, 0.717) is 62.7 Å². The second-order valence-corrected chi connectivity index (χ2v) is 24.3. The zero-order valence-corrected chi connectivity index (χ0v) is 53.5. The van der Waals surface area contributed by atoms with Crippen molar-refractivity contribution in [2.75, 3.05) is 54.7 Å².